The monoisotopic (exact) mass is 412 g/mol. The molecule has 2 aromatic rings. The fourth-order valence-corrected chi connectivity index (χ4v) is 4.93. The van der Waals surface area contributed by atoms with Crippen molar-refractivity contribution in [3.8, 4) is 0 Å². The van der Waals surface area contributed by atoms with Gasteiger partial charge >= 0.3 is 5.97 Å². The van der Waals surface area contributed by atoms with Gasteiger partial charge in [0.2, 0.25) is 5.91 Å². The highest BCUT2D eigenvalue weighted by Crippen LogP contribution is 2.41. The van der Waals surface area contributed by atoms with Crippen molar-refractivity contribution in [2.45, 2.75) is 58.3 Å². The van der Waals surface area contributed by atoms with E-state index in [-0.39, 0.29) is 24.2 Å². The minimum Gasteiger partial charge on any atom is -0.462 e. The zero-order chi connectivity index (χ0) is 21.5. The van der Waals surface area contributed by atoms with Crippen molar-refractivity contribution in [2.75, 3.05) is 13.2 Å². The summed E-state index contributed by atoms with van der Waals surface area (Å²) in [7, 11) is 0. The first-order chi connectivity index (χ1) is 14.3. The van der Waals surface area contributed by atoms with E-state index < -0.39 is 11.4 Å². The summed E-state index contributed by atoms with van der Waals surface area (Å²) in [5.41, 5.74) is 2.04. The number of halogens is 1. The Morgan fingerprint density at radius 2 is 1.97 bits per heavy atom. The van der Waals surface area contributed by atoms with Gasteiger partial charge in [-0.2, -0.15) is 0 Å². The summed E-state index contributed by atoms with van der Waals surface area (Å²) in [5.74, 6) is -0.767. The number of amides is 1. The maximum atomic E-state index is 14.1. The molecule has 5 nitrogen and oxygen atoms in total. The second-order valence-corrected chi connectivity index (χ2v) is 9.01. The van der Waals surface area contributed by atoms with E-state index in [9.17, 15) is 14.0 Å². The highest BCUT2D eigenvalue weighted by Gasteiger charge is 2.38. The lowest BCUT2D eigenvalue weighted by Crippen LogP contribution is -2.40. The molecule has 1 aromatic carbocycles. The zero-order valence-electron chi connectivity index (χ0n) is 17.9. The van der Waals surface area contributed by atoms with Crippen molar-refractivity contribution in [3.63, 3.8) is 0 Å². The Hall–Kier alpha value is -2.63. The quantitative estimate of drug-likeness (QED) is 0.729. The number of benzene rings is 1. The Morgan fingerprint density at radius 1 is 1.23 bits per heavy atom. The van der Waals surface area contributed by atoms with Crippen LogP contribution in [0, 0.1) is 11.7 Å². The van der Waals surface area contributed by atoms with E-state index in [0.717, 1.165) is 42.1 Å². The average Bonchev–Trinajstić information content (AvgIpc) is 3.04. The first-order valence-corrected chi connectivity index (χ1v) is 10.8. The minimum absolute atomic E-state index is 0.0140. The Bertz CT molecular complexity index is 1010. The topological polar surface area (TPSA) is 62.4 Å². The summed E-state index contributed by atoms with van der Waals surface area (Å²) < 4.78 is 19.4. The molecule has 0 atom stereocenters. The molecule has 1 aromatic heterocycles. The molecule has 1 N–H and O–H groups in total. The maximum absolute atomic E-state index is 14.1. The number of fused-ring (bicyclic) bond motifs is 3. The molecule has 1 aliphatic heterocycles. The van der Waals surface area contributed by atoms with Gasteiger partial charge in [-0.3, -0.25) is 4.79 Å². The SMILES string of the molecule is CCOC(=O)C1=CN(C(=O)C2CCCCC2)CC(C)(C)c2c1[nH]c1ccc(F)cc21. The first-order valence-electron chi connectivity index (χ1n) is 10.8. The smallest absolute Gasteiger partial charge is 0.341 e. The number of hydrogen-bond donors (Lipinski definition) is 1. The molecule has 1 fully saturated rings. The molecule has 2 heterocycles. The molecule has 0 saturated heterocycles. The Balaban J connectivity index is 1.86. The molecular weight excluding hydrogens is 383 g/mol. The van der Waals surface area contributed by atoms with E-state index in [1.807, 2.05) is 13.8 Å². The third-order valence-electron chi connectivity index (χ3n) is 6.29. The number of nitrogens with zero attached hydrogens (tertiary/aromatic N) is 1. The summed E-state index contributed by atoms with van der Waals surface area (Å²) >= 11 is 0. The number of H-pyrrole nitrogens is 1. The van der Waals surface area contributed by atoms with Gasteiger partial charge in [0.25, 0.3) is 0 Å². The first kappa shape index (κ1) is 20.6. The van der Waals surface area contributed by atoms with Crippen molar-refractivity contribution in [1.29, 1.82) is 0 Å². The summed E-state index contributed by atoms with van der Waals surface area (Å²) in [4.78, 5) is 31.2. The minimum atomic E-state index is -0.490. The number of aromatic amines is 1. The predicted molar refractivity (Wildman–Crippen MR) is 114 cm³/mol. The number of esters is 1. The molecular formula is C24H29FN2O3. The summed E-state index contributed by atoms with van der Waals surface area (Å²) in [5, 5.41) is 0.733. The van der Waals surface area contributed by atoms with Crippen LogP contribution in [-0.2, 0) is 19.7 Å². The maximum Gasteiger partial charge on any atom is 0.341 e. The molecule has 6 heteroatoms. The van der Waals surface area contributed by atoms with Gasteiger partial charge in [0.1, 0.15) is 5.82 Å². The molecule has 30 heavy (non-hydrogen) atoms. The molecule has 2 aliphatic rings. The van der Waals surface area contributed by atoms with Crippen LogP contribution in [0.4, 0.5) is 4.39 Å². The Labute approximate surface area is 176 Å². The number of nitrogens with one attached hydrogen (secondary N) is 1. The number of carbonyl (C=O) groups is 2. The van der Waals surface area contributed by atoms with E-state index in [1.54, 1.807) is 24.1 Å². The molecule has 1 amide bonds. The van der Waals surface area contributed by atoms with Crippen molar-refractivity contribution >= 4 is 28.4 Å². The van der Waals surface area contributed by atoms with Crippen LogP contribution in [0.15, 0.2) is 24.4 Å². The van der Waals surface area contributed by atoms with Crippen molar-refractivity contribution in [2.24, 2.45) is 5.92 Å². The van der Waals surface area contributed by atoms with Gasteiger partial charge in [-0.25, -0.2) is 9.18 Å². The Morgan fingerprint density at radius 3 is 2.67 bits per heavy atom. The van der Waals surface area contributed by atoms with Gasteiger partial charge in [0, 0.05) is 35.0 Å². The van der Waals surface area contributed by atoms with E-state index in [0.29, 0.717) is 17.8 Å². The second-order valence-electron chi connectivity index (χ2n) is 9.01. The van der Waals surface area contributed by atoms with Crippen molar-refractivity contribution in [3.05, 3.63) is 41.5 Å². The number of aromatic nitrogens is 1. The van der Waals surface area contributed by atoms with Gasteiger partial charge in [0.15, 0.2) is 0 Å². The van der Waals surface area contributed by atoms with Gasteiger partial charge in [-0.05, 0) is 43.5 Å². The average molecular weight is 413 g/mol. The zero-order valence-corrected chi connectivity index (χ0v) is 17.9. The second kappa shape index (κ2) is 7.89. The van der Waals surface area contributed by atoms with Crippen LogP contribution in [0.5, 0.6) is 0 Å². The molecule has 1 saturated carbocycles. The summed E-state index contributed by atoms with van der Waals surface area (Å²) in [6.45, 7) is 6.48. The van der Waals surface area contributed by atoms with Crippen LogP contribution in [0.1, 0.15) is 64.1 Å². The molecule has 0 spiro atoms. The summed E-state index contributed by atoms with van der Waals surface area (Å²) in [6, 6.07) is 4.58. The fourth-order valence-electron chi connectivity index (χ4n) is 4.93. The molecule has 1 aliphatic carbocycles. The van der Waals surface area contributed by atoms with Crippen LogP contribution in [0.2, 0.25) is 0 Å². The van der Waals surface area contributed by atoms with Crippen molar-refractivity contribution < 1.29 is 18.7 Å². The third-order valence-corrected chi connectivity index (χ3v) is 6.29. The van der Waals surface area contributed by atoms with Crippen LogP contribution in [-0.4, -0.2) is 34.9 Å². The third kappa shape index (κ3) is 3.64. The lowest BCUT2D eigenvalue weighted by Gasteiger charge is -2.32. The van der Waals surface area contributed by atoms with Crippen LogP contribution in [0.3, 0.4) is 0 Å². The van der Waals surface area contributed by atoms with Gasteiger partial charge in [-0.1, -0.05) is 33.1 Å². The van der Waals surface area contributed by atoms with Gasteiger partial charge in [0.05, 0.1) is 17.9 Å². The van der Waals surface area contributed by atoms with Gasteiger partial charge < -0.3 is 14.6 Å². The fraction of sp³-hybridized carbons (Fsp3) is 0.500. The number of hydrogen-bond acceptors (Lipinski definition) is 3. The highest BCUT2D eigenvalue weighted by molar-refractivity contribution is 6.18. The summed E-state index contributed by atoms with van der Waals surface area (Å²) in [6.07, 6.45) is 6.71. The Kier molecular flexibility index (Phi) is 5.43. The van der Waals surface area contributed by atoms with E-state index in [4.69, 9.17) is 4.74 Å². The highest BCUT2D eigenvalue weighted by atomic mass is 19.1. The van der Waals surface area contributed by atoms with E-state index in [2.05, 4.69) is 4.98 Å². The predicted octanol–water partition coefficient (Wildman–Crippen LogP) is 4.91. The number of rotatable bonds is 3. The van der Waals surface area contributed by atoms with Crippen LogP contribution in [0.25, 0.3) is 16.5 Å². The molecule has 0 radical (unpaired) electrons. The normalized spacial score (nSPS) is 19.2. The molecule has 160 valence electrons. The molecule has 0 bridgehead atoms. The van der Waals surface area contributed by atoms with Crippen LogP contribution < -0.4 is 0 Å². The molecule has 4 rings (SSSR count). The van der Waals surface area contributed by atoms with E-state index >= 15 is 0 Å². The largest absolute Gasteiger partial charge is 0.462 e. The number of ether oxygens (including phenoxy) is 1. The number of carbonyl (C=O) groups excluding carboxylic acids is 2. The van der Waals surface area contributed by atoms with Crippen LogP contribution >= 0.6 is 0 Å². The van der Waals surface area contributed by atoms with Gasteiger partial charge in [-0.15, -0.1) is 0 Å². The van der Waals surface area contributed by atoms with Crippen molar-refractivity contribution in [1.82, 2.24) is 9.88 Å². The molecule has 0 unspecified atom stereocenters. The lowest BCUT2D eigenvalue weighted by atomic mass is 9.81. The van der Waals surface area contributed by atoms with E-state index in [1.165, 1.54) is 18.6 Å². The standard InChI is InChI=1S/C24H29FN2O3/c1-4-30-23(29)18-13-27(22(28)15-8-6-5-7-9-15)14-24(2,3)20-17-12-16(25)10-11-19(17)26-21(18)20/h10-13,15,26H,4-9,14H2,1-3H3. The lowest BCUT2D eigenvalue weighted by molar-refractivity contribution is -0.136.